The third-order valence-electron chi connectivity index (χ3n) is 3.99. The normalized spacial score (nSPS) is 11.0. The van der Waals surface area contributed by atoms with Gasteiger partial charge in [-0.05, 0) is 41.5 Å². The molecule has 0 nitrogen and oxygen atoms in total. The highest BCUT2D eigenvalue weighted by molar-refractivity contribution is 5.88. The van der Waals surface area contributed by atoms with Crippen molar-refractivity contribution in [2.24, 2.45) is 0 Å². The summed E-state index contributed by atoms with van der Waals surface area (Å²) in [5.74, 6) is -0.559. The number of rotatable bonds is 4. The summed E-state index contributed by atoms with van der Waals surface area (Å²) in [5, 5.41) is 1.53. The van der Waals surface area contributed by atoms with Crippen LogP contribution in [0.2, 0.25) is 0 Å². The van der Waals surface area contributed by atoms with Crippen LogP contribution in [0.3, 0.4) is 0 Å². The van der Waals surface area contributed by atoms with Crippen molar-refractivity contribution in [1.82, 2.24) is 0 Å². The molecule has 0 aliphatic rings. The molecule has 0 fully saturated rings. The number of unbranched alkanes of at least 4 members (excludes halogenated alkanes) is 1. The number of aryl methyl sites for hydroxylation is 1. The van der Waals surface area contributed by atoms with Gasteiger partial charge in [-0.25, -0.2) is 8.78 Å². The van der Waals surface area contributed by atoms with Gasteiger partial charge in [-0.15, -0.1) is 0 Å². The molecule has 0 spiro atoms. The van der Waals surface area contributed by atoms with Crippen LogP contribution in [-0.2, 0) is 6.42 Å². The second-order valence-electron chi connectivity index (χ2n) is 5.59. The summed E-state index contributed by atoms with van der Waals surface area (Å²) < 4.78 is 27.8. The van der Waals surface area contributed by atoms with Crippen molar-refractivity contribution in [1.29, 1.82) is 0 Å². The fourth-order valence-corrected chi connectivity index (χ4v) is 2.73. The summed E-state index contributed by atoms with van der Waals surface area (Å²) in [6, 6.07) is 15.5. The Labute approximate surface area is 129 Å². The summed E-state index contributed by atoms with van der Waals surface area (Å²) in [6.45, 7) is 2.16. The van der Waals surface area contributed by atoms with Crippen LogP contribution in [0.15, 0.2) is 54.6 Å². The second-order valence-corrected chi connectivity index (χ2v) is 5.59. The van der Waals surface area contributed by atoms with E-state index in [0.29, 0.717) is 16.5 Å². The van der Waals surface area contributed by atoms with E-state index in [4.69, 9.17) is 0 Å². The number of hydrogen-bond donors (Lipinski definition) is 0. The molecule has 0 N–H and O–H groups in total. The van der Waals surface area contributed by atoms with Crippen molar-refractivity contribution < 1.29 is 8.78 Å². The largest absolute Gasteiger partial charge is 0.207 e. The standard InChI is InChI=1S/C20H18F2/c1-2-3-4-14-5-11-19-16(13-14)8-12-18(20(19)22)15-6-9-17(21)10-7-15/h5-13H,2-4H2,1H3. The number of benzene rings is 3. The van der Waals surface area contributed by atoms with Gasteiger partial charge >= 0.3 is 0 Å². The zero-order valence-electron chi connectivity index (χ0n) is 12.6. The smallest absolute Gasteiger partial charge is 0.138 e. The Bertz CT molecular complexity index is 789. The fraction of sp³-hybridized carbons (Fsp3) is 0.200. The zero-order chi connectivity index (χ0) is 15.5. The van der Waals surface area contributed by atoms with Crippen LogP contribution in [0.5, 0.6) is 0 Å². The van der Waals surface area contributed by atoms with E-state index in [9.17, 15) is 8.78 Å². The van der Waals surface area contributed by atoms with E-state index >= 15 is 0 Å². The molecule has 0 amide bonds. The first-order chi connectivity index (χ1) is 10.7. The van der Waals surface area contributed by atoms with Crippen LogP contribution >= 0.6 is 0 Å². The van der Waals surface area contributed by atoms with Crippen molar-refractivity contribution in [3.8, 4) is 11.1 Å². The van der Waals surface area contributed by atoms with Crippen LogP contribution in [0.1, 0.15) is 25.3 Å². The lowest BCUT2D eigenvalue weighted by molar-refractivity contribution is 0.627. The van der Waals surface area contributed by atoms with Crippen molar-refractivity contribution in [2.45, 2.75) is 26.2 Å². The minimum atomic E-state index is -0.314. The van der Waals surface area contributed by atoms with Gasteiger partial charge < -0.3 is 0 Å². The predicted molar refractivity (Wildman–Crippen MR) is 87.9 cm³/mol. The Hall–Kier alpha value is -2.22. The van der Waals surface area contributed by atoms with Gasteiger partial charge in [0.15, 0.2) is 0 Å². The molecule has 112 valence electrons. The summed E-state index contributed by atoms with van der Waals surface area (Å²) in [5.41, 5.74) is 2.44. The van der Waals surface area contributed by atoms with Crippen molar-refractivity contribution in [2.75, 3.05) is 0 Å². The Balaban J connectivity index is 2.04. The molecule has 0 heterocycles. The van der Waals surface area contributed by atoms with Gasteiger partial charge in [-0.1, -0.05) is 55.8 Å². The summed E-state index contributed by atoms with van der Waals surface area (Å²) in [4.78, 5) is 0. The van der Waals surface area contributed by atoms with E-state index in [1.807, 2.05) is 18.2 Å². The average Bonchev–Trinajstić information content (AvgIpc) is 2.54. The first-order valence-electron chi connectivity index (χ1n) is 7.66. The molecule has 0 aliphatic carbocycles. The predicted octanol–water partition coefficient (Wildman–Crippen LogP) is 6.13. The minimum Gasteiger partial charge on any atom is -0.207 e. The third-order valence-corrected chi connectivity index (χ3v) is 3.99. The van der Waals surface area contributed by atoms with Crippen molar-refractivity contribution >= 4 is 10.8 Å². The van der Waals surface area contributed by atoms with Gasteiger partial charge in [0.25, 0.3) is 0 Å². The van der Waals surface area contributed by atoms with Gasteiger partial charge in [0.2, 0.25) is 0 Å². The first kappa shape index (κ1) is 14.7. The number of halogens is 2. The summed E-state index contributed by atoms with van der Waals surface area (Å²) in [6.07, 6.45) is 3.31. The maximum Gasteiger partial charge on any atom is 0.138 e. The van der Waals surface area contributed by atoms with Gasteiger partial charge in [-0.2, -0.15) is 0 Å². The van der Waals surface area contributed by atoms with Gasteiger partial charge in [0.05, 0.1) is 0 Å². The highest BCUT2D eigenvalue weighted by Crippen LogP contribution is 2.29. The molecule has 3 aromatic carbocycles. The van der Waals surface area contributed by atoms with E-state index < -0.39 is 0 Å². The maximum atomic E-state index is 14.7. The third kappa shape index (κ3) is 2.87. The van der Waals surface area contributed by atoms with Crippen LogP contribution in [-0.4, -0.2) is 0 Å². The topological polar surface area (TPSA) is 0 Å². The second kappa shape index (κ2) is 6.27. The van der Waals surface area contributed by atoms with Crippen LogP contribution in [0, 0.1) is 11.6 Å². The molecular formula is C20H18F2. The van der Waals surface area contributed by atoms with E-state index in [0.717, 1.165) is 24.6 Å². The SMILES string of the molecule is CCCCc1ccc2c(F)c(-c3ccc(F)cc3)ccc2c1. The molecule has 0 saturated carbocycles. The molecule has 0 aliphatic heterocycles. The van der Waals surface area contributed by atoms with Crippen molar-refractivity contribution in [3.63, 3.8) is 0 Å². The number of hydrogen-bond acceptors (Lipinski definition) is 0. The van der Waals surface area contributed by atoms with Gasteiger partial charge in [-0.3, -0.25) is 0 Å². The fourth-order valence-electron chi connectivity index (χ4n) is 2.73. The molecule has 0 radical (unpaired) electrons. The summed E-state index contributed by atoms with van der Waals surface area (Å²) in [7, 11) is 0. The Kier molecular flexibility index (Phi) is 4.19. The monoisotopic (exact) mass is 296 g/mol. The lowest BCUT2D eigenvalue weighted by Crippen LogP contribution is -1.90. The average molecular weight is 296 g/mol. The van der Waals surface area contributed by atoms with Gasteiger partial charge in [0, 0.05) is 10.9 Å². The van der Waals surface area contributed by atoms with E-state index in [-0.39, 0.29) is 11.6 Å². The summed E-state index contributed by atoms with van der Waals surface area (Å²) >= 11 is 0. The van der Waals surface area contributed by atoms with E-state index in [1.54, 1.807) is 18.2 Å². The van der Waals surface area contributed by atoms with Crippen LogP contribution in [0.4, 0.5) is 8.78 Å². The molecule has 22 heavy (non-hydrogen) atoms. The highest BCUT2D eigenvalue weighted by atomic mass is 19.1. The number of fused-ring (bicyclic) bond motifs is 1. The zero-order valence-corrected chi connectivity index (χ0v) is 12.6. The minimum absolute atomic E-state index is 0.244. The Morgan fingerprint density at radius 1 is 0.864 bits per heavy atom. The lowest BCUT2D eigenvalue weighted by atomic mass is 9.98. The molecule has 3 rings (SSSR count). The highest BCUT2D eigenvalue weighted by Gasteiger charge is 2.10. The molecule has 0 atom stereocenters. The molecule has 2 heteroatoms. The molecule has 3 aromatic rings. The lowest BCUT2D eigenvalue weighted by Gasteiger charge is -2.09. The van der Waals surface area contributed by atoms with Gasteiger partial charge in [0.1, 0.15) is 11.6 Å². The Morgan fingerprint density at radius 2 is 1.64 bits per heavy atom. The maximum absolute atomic E-state index is 14.7. The van der Waals surface area contributed by atoms with E-state index in [1.165, 1.54) is 17.7 Å². The molecular weight excluding hydrogens is 278 g/mol. The van der Waals surface area contributed by atoms with Crippen molar-refractivity contribution in [3.05, 3.63) is 71.8 Å². The first-order valence-corrected chi connectivity index (χ1v) is 7.66. The van der Waals surface area contributed by atoms with Crippen LogP contribution in [0.25, 0.3) is 21.9 Å². The molecule has 0 unspecified atom stereocenters. The van der Waals surface area contributed by atoms with E-state index in [2.05, 4.69) is 13.0 Å². The van der Waals surface area contributed by atoms with Crippen LogP contribution < -0.4 is 0 Å². The molecule has 0 aromatic heterocycles. The molecule has 0 saturated heterocycles. The quantitative estimate of drug-likeness (QED) is 0.543. The Morgan fingerprint density at radius 3 is 2.36 bits per heavy atom. The molecule has 0 bridgehead atoms.